The van der Waals surface area contributed by atoms with Crippen molar-refractivity contribution < 1.29 is 19.1 Å². The van der Waals surface area contributed by atoms with Crippen LogP contribution in [0.1, 0.15) is 19.4 Å². The van der Waals surface area contributed by atoms with E-state index < -0.39 is 12.0 Å². The number of amides is 1. The van der Waals surface area contributed by atoms with Crippen LogP contribution in [0.4, 0.5) is 0 Å². The van der Waals surface area contributed by atoms with Crippen LogP contribution in [0.25, 0.3) is 10.9 Å². The molecule has 1 amide bonds. The highest BCUT2D eigenvalue weighted by molar-refractivity contribution is 5.87. The molecule has 124 valence electrons. The molecule has 2 N–H and O–H groups in total. The van der Waals surface area contributed by atoms with Gasteiger partial charge in [-0.15, -0.1) is 0 Å². The lowest BCUT2D eigenvalue weighted by Gasteiger charge is -2.17. The third-order valence-corrected chi connectivity index (χ3v) is 3.47. The summed E-state index contributed by atoms with van der Waals surface area (Å²) in [7, 11) is 1.31. The molecule has 0 radical (unpaired) electrons. The molecule has 6 nitrogen and oxygen atoms in total. The van der Waals surface area contributed by atoms with Crippen molar-refractivity contribution in [2.45, 2.75) is 32.4 Å². The lowest BCUT2D eigenvalue weighted by atomic mass is 10.0. The first-order valence-electron chi connectivity index (χ1n) is 7.55. The first-order valence-corrected chi connectivity index (χ1v) is 7.55. The summed E-state index contributed by atoms with van der Waals surface area (Å²) in [6, 6.07) is 7.05. The molecule has 2 aromatic rings. The number of para-hydroxylation sites is 1. The Bertz CT molecular complexity index is 678. The minimum Gasteiger partial charge on any atom is -0.467 e. The van der Waals surface area contributed by atoms with E-state index in [4.69, 9.17) is 9.47 Å². The Hall–Kier alpha value is -2.34. The van der Waals surface area contributed by atoms with Gasteiger partial charge in [0.2, 0.25) is 5.91 Å². The van der Waals surface area contributed by atoms with E-state index in [1.807, 2.05) is 44.3 Å². The molecule has 0 saturated carbocycles. The van der Waals surface area contributed by atoms with E-state index in [9.17, 15) is 9.59 Å². The summed E-state index contributed by atoms with van der Waals surface area (Å²) < 4.78 is 10.0. The molecule has 0 fully saturated rings. The maximum atomic E-state index is 12.0. The SMILES string of the molecule is COC(=O)[C@@H](Cc1c[nH]c2ccccc12)NC(=O)COC(C)C. The molecule has 1 aromatic carbocycles. The molecule has 0 aliphatic heterocycles. The van der Waals surface area contributed by atoms with Crippen molar-refractivity contribution >= 4 is 22.8 Å². The third-order valence-electron chi connectivity index (χ3n) is 3.47. The predicted molar refractivity (Wildman–Crippen MR) is 87.0 cm³/mol. The molecule has 0 unspecified atom stereocenters. The molecule has 0 spiro atoms. The van der Waals surface area contributed by atoms with Gasteiger partial charge in [-0.05, 0) is 25.5 Å². The highest BCUT2D eigenvalue weighted by Gasteiger charge is 2.23. The average Bonchev–Trinajstić information content (AvgIpc) is 2.95. The van der Waals surface area contributed by atoms with E-state index in [1.54, 1.807) is 0 Å². The quantitative estimate of drug-likeness (QED) is 0.763. The molecule has 2 rings (SSSR count). The van der Waals surface area contributed by atoms with Gasteiger partial charge in [-0.1, -0.05) is 18.2 Å². The zero-order valence-corrected chi connectivity index (χ0v) is 13.6. The summed E-state index contributed by atoms with van der Waals surface area (Å²) in [4.78, 5) is 27.0. The summed E-state index contributed by atoms with van der Waals surface area (Å²) in [5.41, 5.74) is 1.93. The Labute approximate surface area is 135 Å². The van der Waals surface area contributed by atoms with Gasteiger partial charge in [-0.2, -0.15) is 0 Å². The number of methoxy groups -OCH3 is 1. The number of carbonyl (C=O) groups is 2. The van der Waals surface area contributed by atoms with Crippen molar-refractivity contribution in [2.24, 2.45) is 0 Å². The molecule has 1 atom stereocenters. The minimum atomic E-state index is -0.748. The Kier molecular flexibility index (Phi) is 5.76. The van der Waals surface area contributed by atoms with Gasteiger partial charge in [-0.25, -0.2) is 4.79 Å². The maximum absolute atomic E-state index is 12.0. The van der Waals surface area contributed by atoms with E-state index in [1.165, 1.54) is 7.11 Å². The third kappa shape index (κ3) is 4.56. The molecule has 0 aliphatic carbocycles. The van der Waals surface area contributed by atoms with Gasteiger partial charge < -0.3 is 19.8 Å². The minimum absolute atomic E-state index is 0.0501. The Morgan fingerprint density at radius 2 is 2.00 bits per heavy atom. The molecule has 0 bridgehead atoms. The highest BCUT2D eigenvalue weighted by Crippen LogP contribution is 2.19. The normalized spacial score (nSPS) is 12.3. The fraction of sp³-hybridized carbons (Fsp3) is 0.412. The van der Waals surface area contributed by atoms with Crippen LogP contribution in [0.5, 0.6) is 0 Å². The van der Waals surface area contributed by atoms with E-state index in [2.05, 4.69) is 10.3 Å². The van der Waals surface area contributed by atoms with Crippen LogP contribution in [-0.2, 0) is 25.5 Å². The van der Waals surface area contributed by atoms with Gasteiger partial charge in [0, 0.05) is 23.5 Å². The van der Waals surface area contributed by atoms with E-state index in [0.29, 0.717) is 6.42 Å². The number of nitrogens with one attached hydrogen (secondary N) is 2. The largest absolute Gasteiger partial charge is 0.467 e. The van der Waals surface area contributed by atoms with Crippen LogP contribution in [0.2, 0.25) is 0 Å². The molecular weight excluding hydrogens is 296 g/mol. The van der Waals surface area contributed by atoms with Crippen LogP contribution < -0.4 is 5.32 Å². The summed E-state index contributed by atoms with van der Waals surface area (Å²) in [6.07, 6.45) is 2.15. The Morgan fingerprint density at radius 3 is 2.70 bits per heavy atom. The number of H-pyrrole nitrogens is 1. The summed E-state index contributed by atoms with van der Waals surface area (Å²) in [5, 5.41) is 3.70. The second kappa shape index (κ2) is 7.78. The van der Waals surface area contributed by atoms with E-state index in [0.717, 1.165) is 16.5 Å². The van der Waals surface area contributed by atoms with Crippen LogP contribution in [0.15, 0.2) is 30.5 Å². The number of ether oxygens (including phenoxy) is 2. The number of hydrogen-bond donors (Lipinski definition) is 2. The van der Waals surface area contributed by atoms with Crippen molar-refractivity contribution in [1.82, 2.24) is 10.3 Å². The van der Waals surface area contributed by atoms with Gasteiger partial charge in [0.15, 0.2) is 0 Å². The number of hydrogen-bond acceptors (Lipinski definition) is 4. The predicted octanol–water partition coefficient (Wildman–Crippen LogP) is 1.79. The van der Waals surface area contributed by atoms with Gasteiger partial charge in [-0.3, -0.25) is 4.79 Å². The molecule has 6 heteroatoms. The number of aromatic amines is 1. The van der Waals surface area contributed by atoms with E-state index >= 15 is 0 Å². The highest BCUT2D eigenvalue weighted by atomic mass is 16.5. The van der Waals surface area contributed by atoms with E-state index in [-0.39, 0.29) is 18.6 Å². The summed E-state index contributed by atoms with van der Waals surface area (Å²) >= 11 is 0. The molecule has 1 aromatic heterocycles. The first kappa shape index (κ1) is 17.0. The number of benzene rings is 1. The van der Waals surface area contributed by atoms with Crippen molar-refractivity contribution in [3.63, 3.8) is 0 Å². The van der Waals surface area contributed by atoms with Gasteiger partial charge in [0.05, 0.1) is 13.2 Å². The van der Waals surface area contributed by atoms with Crippen LogP contribution >= 0.6 is 0 Å². The van der Waals surface area contributed by atoms with Gasteiger partial charge in [0.1, 0.15) is 12.6 Å². The lowest BCUT2D eigenvalue weighted by Crippen LogP contribution is -2.44. The van der Waals surface area contributed by atoms with Gasteiger partial charge in [0.25, 0.3) is 0 Å². The summed E-state index contributed by atoms with van der Waals surface area (Å²) in [6.45, 7) is 3.60. The lowest BCUT2D eigenvalue weighted by molar-refractivity contribution is -0.145. The van der Waals surface area contributed by atoms with Crippen LogP contribution in [0.3, 0.4) is 0 Å². The molecule has 0 aliphatic rings. The zero-order chi connectivity index (χ0) is 16.8. The molecule has 23 heavy (non-hydrogen) atoms. The topological polar surface area (TPSA) is 80.4 Å². The first-order chi connectivity index (χ1) is 11.0. The maximum Gasteiger partial charge on any atom is 0.328 e. The number of fused-ring (bicyclic) bond motifs is 1. The zero-order valence-electron chi connectivity index (χ0n) is 13.6. The fourth-order valence-electron chi connectivity index (χ4n) is 2.33. The Balaban J connectivity index is 2.09. The second-order valence-corrected chi connectivity index (χ2v) is 5.57. The number of esters is 1. The smallest absolute Gasteiger partial charge is 0.328 e. The fourth-order valence-corrected chi connectivity index (χ4v) is 2.33. The number of carbonyl (C=O) groups excluding carboxylic acids is 2. The van der Waals surface area contributed by atoms with Crippen molar-refractivity contribution in [3.8, 4) is 0 Å². The molecule has 0 saturated heterocycles. The van der Waals surface area contributed by atoms with Crippen LogP contribution in [0, 0.1) is 0 Å². The number of rotatable bonds is 7. The number of aromatic nitrogens is 1. The standard InChI is InChI=1S/C17H22N2O4/c1-11(2)23-10-16(20)19-15(17(21)22-3)8-12-9-18-14-7-5-4-6-13(12)14/h4-7,9,11,15,18H,8,10H2,1-3H3,(H,19,20)/t15-/m1/s1. The van der Waals surface area contributed by atoms with Crippen LogP contribution in [-0.4, -0.2) is 42.7 Å². The monoisotopic (exact) mass is 318 g/mol. The van der Waals surface area contributed by atoms with Crippen molar-refractivity contribution in [1.29, 1.82) is 0 Å². The van der Waals surface area contributed by atoms with Gasteiger partial charge >= 0.3 is 5.97 Å². The molecular formula is C17H22N2O4. The second-order valence-electron chi connectivity index (χ2n) is 5.57. The van der Waals surface area contributed by atoms with Crippen molar-refractivity contribution in [3.05, 3.63) is 36.0 Å². The average molecular weight is 318 g/mol. The summed E-state index contributed by atoms with van der Waals surface area (Å²) in [5.74, 6) is -0.817. The van der Waals surface area contributed by atoms with Crippen molar-refractivity contribution in [2.75, 3.05) is 13.7 Å². The molecule has 1 heterocycles. The Morgan fingerprint density at radius 1 is 1.26 bits per heavy atom.